The Morgan fingerprint density at radius 3 is 2.41 bits per heavy atom. The Kier molecular flexibility index (Phi) is 9.91. The van der Waals surface area contributed by atoms with E-state index in [2.05, 4.69) is 26.1 Å². The van der Waals surface area contributed by atoms with Gasteiger partial charge in [0, 0.05) is 27.9 Å². The Bertz CT molecular complexity index is 1800. The molecule has 1 heterocycles. The van der Waals surface area contributed by atoms with E-state index >= 15 is 0 Å². The molecular weight excluding hydrogens is 617 g/mol. The molecule has 5 aromatic rings. The molecule has 8 nitrogen and oxygen atoms in total. The number of hydrogen-bond donors (Lipinski definition) is 3. The number of benzene rings is 4. The van der Waals surface area contributed by atoms with E-state index in [9.17, 15) is 9.59 Å². The molecule has 11 heteroatoms. The molecule has 4 aromatic carbocycles. The quantitative estimate of drug-likeness (QED) is 0.105. The zero-order valence-electron chi connectivity index (χ0n) is 23.7. The van der Waals surface area contributed by atoms with Gasteiger partial charge >= 0.3 is 0 Å². The van der Waals surface area contributed by atoms with Crippen LogP contribution >= 0.6 is 34.5 Å². The third kappa shape index (κ3) is 8.02. The molecule has 0 spiro atoms. The summed E-state index contributed by atoms with van der Waals surface area (Å²) in [5, 5.41) is 13.3. The lowest BCUT2D eigenvalue weighted by molar-refractivity contribution is -0.118. The van der Waals surface area contributed by atoms with E-state index in [-0.39, 0.29) is 34.2 Å². The molecule has 0 unspecified atom stereocenters. The number of thiazole rings is 1. The van der Waals surface area contributed by atoms with Gasteiger partial charge in [0.05, 0.1) is 22.0 Å². The first-order valence-corrected chi connectivity index (χ1v) is 15.1. The van der Waals surface area contributed by atoms with Crippen molar-refractivity contribution in [3.63, 3.8) is 0 Å². The fourth-order valence-corrected chi connectivity index (χ4v) is 5.47. The van der Waals surface area contributed by atoms with Crippen molar-refractivity contribution in [3.8, 4) is 17.0 Å². The van der Waals surface area contributed by atoms with E-state index in [1.165, 1.54) is 17.6 Å². The number of hydrazone groups is 1. The average Bonchev–Trinajstić information content (AvgIpc) is 3.47. The first kappa shape index (κ1) is 30.7. The van der Waals surface area contributed by atoms with E-state index in [0.29, 0.717) is 16.8 Å². The van der Waals surface area contributed by atoms with Crippen molar-refractivity contribution in [2.24, 2.45) is 5.10 Å². The lowest BCUT2D eigenvalue weighted by Crippen LogP contribution is -2.21. The van der Waals surface area contributed by atoms with Gasteiger partial charge in [-0.3, -0.25) is 9.59 Å². The number of carbonyl (C=O) groups is 2. The molecule has 0 radical (unpaired) electrons. The fourth-order valence-electron chi connectivity index (χ4n) is 4.12. The molecule has 0 atom stereocenters. The van der Waals surface area contributed by atoms with Crippen LogP contribution in [0.4, 0.5) is 16.5 Å². The smallest absolute Gasteiger partial charge is 0.271 e. The van der Waals surface area contributed by atoms with Crippen LogP contribution in [0, 0.1) is 13.8 Å². The molecule has 0 bridgehead atoms. The predicted molar refractivity (Wildman–Crippen MR) is 179 cm³/mol. The van der Waals surface area contributed by atoms with E-state index in [1.54, 1.807) is 24.3 Å². The molecule has 0 aliphatic carbocycles. The summed E-state index contributed by atoms with van der Waals surface area (Å²) in [4.78, 5) is 29.7. The number of amides is 2. The highest BCUT2D eigenvalue weighted by atomic mass is 35.5. The maximum atomic E-state index is 12.6. The van der Waals surface area contributed by atoms with Gasteiger partial charge in [-0.25, -0.2) is 10.4 Å². The summed E-state index contributed by atoms with van der Waals surface area (Å²) < 4.78 is 5.60. The number of rotatable bonds is 10. The molecule has 0 saturated carbocycles. The fraction of sp³-hybridized carbons (Fsp3) is 0.0909. The van der Waals surface area contributed by atoms with Gasteiger partial charge < -0.3 is 15.4 Å². The van der Waals surface area contributed by atoms with Gasteiger partial charge in [-0.2, -0.15) is 5.10 Å². The third-order valence-corrected chi connectivity index (χ3v) is 7.71. The van der Waals surface area contributed by atoms with Crippen LogP contribution in [-0.2, 0) is 4.79 Å². The van der Waals surface area contributed by atoms with Crippen LogP contribution in [0.15, 0.2) is 95.4 Å². The number of ether oxygens (including phenoxy) is 1. The number of aromatic nitrogens is 1. The summed E-state index contributed by atoms with van der Waals surface area (Å²) in [7, 11) is 0. The first-order valence-electron chi connectivity index (χ1n) is 13.5. The molecule has 3 N–H and O–H groups in total. The van der Waals surface area contributed by atoms with Gasteiger partial charge in [0.1, 0.15) is 0 Å². The van der Waals surface area contributed by atoms with Gasteiger partial charge in [0.25, 0.3) is 11.8 Å². The molecule has 2 amide bonds. The van der Waals surface area contributed by atoms with Crippen LogP contribution in [-0.4, -0.2) is 29.6 Å². The summed E-state index contributed by atoms with van der Waals surface area (Å²) in [5.41, 5.74) is 8.80. The first-order chi connectivity index (χ1) is 21.2. The van der Waals surface area contributed by atoms with Gasteiger partial charge in [0.2, 0.25) is 0 Å². The Balaban J connectivity index is 1.14. The zero-order valence-corrected chi connectivity index (χ0v) is 26.1. The lowest BCUT2D eigenvalue weighted by atomic mass is 10.1. The molecule has 0 fully saturated rings. The van der Waals surface area contributed by atoms with Crippen LogP contribution in [0.2, 0.25) is 10.0 Å². The number of anilines is 3. The molecule has 0 saturated heterocycles. The minimum Gasteiger partial charge on any atom is -0.481 e. The summed E-state index contributed by atoms with van der Waals surface area (Å²) >= 11 is 14.2. The minimum atomic E-state index is -0.385. The molecule has 222 valence electrons. The SMILES string of the molecule is Cc1ccc(C)c(NC(=O)COc2c(Cl)cc(/C=N/NC(=O)c3ccc(-c4csc(Nc5ccccc5)n4)cc3)cc2Cl)c1. The largest absolute Gasteiger partial charge is 0.481 e. The number of carbonyl (C=O) groups excluding carboxylic acids is 2. The summed E-state index contributed by atoms with van der Waals surface area (Å²) in [5.74, 6) is -0.554. The van der Waals surface area contributed by atoms with Crippen molar-refractivity contribution in [1.29, 1.82) is 0 Å². The Morgan fingerprint density at radius 1 is 0.955 bits per heavy atom. The van der Waals surface area contributed by atoms with Crippen LogP contribution in [0.5, 0.6) is 5.75 Å². The summed E-state index contributed by atoms with van der Waals surface area (Å²) in [6, 6.07) is 25.8. The second-order valence-electron chi connectivity index (χ2n) is 9.77. The van der Waals surface area contributed by atoms with Crippen molar-refractivity contribution < 1.29 is 14.3 Å². The topological polar surface area (TPSA) is 105 Å². The van der Waals surface area contributed by atoms with Crippen LogP contribution < -0.4 is 20.8 Å². The van der Waals surface area contributed by atoms with Crippen molar-refractivity contribution in [2.45, 2.75) is 13.8 Å². The average molecular weight is 645 g/mol. The number of aryl methyl sites for hydroxylation is 2. The molecule has 5 rings (SSSR count). The van der Waals surface area contributed by atoms with Crippen molar-refractivity contribution >= 4 is 69.1 Å². The lowest BCUT2D eigenvalue weighted by Gasteiger charge is -2.12. The number of nitrogens with one attached hydrogen (secondary N) is 3. The minimum absolute atomic E-state index is 0.175. The third-order valence-electron chi connectivity index (χ3n) is 6.39. The Hall–Kier alpha value is -4.70. The maximum Gasteiger partial charge on any atom is 0.271 e. The second kappa shape index (κ2) is 14.2. The monoisotopic (exact) mass is 643 g/mol. The highest BCUT2D eigenvalue weighted by Crippen LogP contribution is 2.34. The normalized spacial score (nSPS) is 10.9. The summed E-state index contributed by atoms with van der Waals surface area (Å²) in [6.45, 7) is 3.58. The number of para-hydroxylation sites is 1. The maximum absolute atomic E-state index is 12.6. The van der Waals surface area contributed by atoms with Gasteiger partial charge in [0.15, 0.2) is 17.5 Å². The molecule has 0 aliphatic heterocycles. The molecule has 0 aliphatic rings. The van der Waals surface area contributed by atoms with E-state index in [0.717, 1.165) is 33.2 Å². The standard InChI is InChI=1S/C33H27Cl2N5O3S/c1-20-8-9-21(2)28(14-20)38-30(41)18-43-31-26(34)15-22(16-27(31)35)17-36-40-32(42)24-12-10-23(11-13-24)29-19-44-33(39-29)37-25-6-4-3-5-7-25/h3-17,19H,18H2,1-2H3,(H,37,39)(H,38,41)(H,40,42)/b36-17+. The van der Waals surface area contributed by atoms with Gasteiger partial charge in [-0.05, 0) is 73.0 Å². The summed E-state index contributed by atoms with van der Waals surface area (Å²) in [6.07, 6.45) is 1.41. The van der Waals surface area contributed by atoms with Gasteiger partial charge in [-0.1, -0.05) is 65.7 Å². The highest BCUT2D eigenvalue weighted by molar-refractivity contribution is 7.14. The van der Waals surface area contributed by atoms with E-state index in [4.69, 9.17) is 27.9 Å². The molecular formula is C33H27Cl2N5O3S. The zero-order chi connectivity index (χ0) is 31.1. The highest BCUT2D eigenvalue weighted by Gasteiger charge is 2.13. The number of hydrogen-bond acceptors (Lipinski definition) is 7. The number of halogens is 2. The van der Waals surface area contributed by atoms with E-state index < -0.39 is 0 Å². The predicted octanol–water partition coefficient (Wildman–Crippen LogP) is 8.26. The van der Waals surface area contributed by atoms with Gasteiger partial charge in [-0.15, -0.1) is 11.3 Å². The van der Waals surface area contributed by atoms with Crippen molar-refractivity contribution in [3.05, 3.63) is 123 Å². The van der Waals surface area contributed by atoms with Crippen molar-refractivity contribution in [2.75, 3.05) is 17.2 Å². The van der Waals surface area contributed by atoms with E-state index in [1.807, 2.05) is 79.9 Å². The van der Waals surface area contributed by atoms with Crippen LogP contribution in [0.25, 0.3) is 11.3 Å². The Labute approximate surface area is 268 Å². The molecule has 44 heavy (non-hydrogen) atoms. The number of nitrogens with zero attached hydrogens (tertiary/aromatic N) is 2. The van der Waals surface area contributed by atoms with Crippen LogP contribution in [0.3, 0.4) is 0 Å². The Morgan fingerprint density at radius 2 is 1.68 bits per heavy atom. The molecule has 1 aromatic heterocycles. The van der Waals surface area contributed by atoms with Crippen LogP contribution in [0.1, 0.15) is 27.0 Å². The van der Waals surface area contributed by atoms with Crippen molar-refractivity contribution in [1.82, 2.24) is 10.4 Å². The second-order valence-corrected chi connectivity index (χ2v) is 11.4.